The molecule has 82 valence electrons. The summed E-state index contributed by atoms with van der Waals surface area (Å²) in [6.07, 6.45) is 2.55. The van der Waals surface area contributed by atoms with Crippen molar-refractivity contribution in [3.05, 3.63) is 0 Å². The predicted octanol–water partition coefficient (Wildman–Crippen LogP) is -1.38. The zero-order chi connectivity index (χ0) is 10.6. The van der Waals surface area contributed by atoms with E-state index in [0.717, 1.165) is 12.8 Å². The van der Waals surface area contributed by atoms with Gasteiger partial charge in [0.05, 0.1) is 19.8 Å². The highest BCUT2D eigenvalue weighted by atomic mass is 16.3. The minimum absolute atomic E-state index is 0.218. The van der Waals surface area contributed by atoms with Crippen LogP contribution in [0.1, 0.15) is 19.3 Å². The van der Waals surface area contributed by atoms with Crippen LogP contribution in [0.25, 0.3) is 0 Å². The first kappa shape index (κ1) is 11.4. The van der Waals surface area contributed by atoms with Crippen LogP contribution in [0.5, 0.6) is 0 Å². The fourth-order valence-corrected chi connectivity index (χ4v) is 1.20. The Kier molecular flexibility index (Phi) is 3.86. The predicted molar refractivity (Wildman–Crippen MR) is 49.5 cm³/mol. The van der Waals surface area contributed by atoms with Gasteiger partial charge in [0.15, 0.2) is 0 Å². The molecular formula is C9H17NO4. The number of aliphatic hydroxyl groups excluding tert-OH is 3. The summed E-state index contributed by atoms with van der Waals surface area (Å²) in [6, 6.07) is 0. The number of aliphatic hydroxyl groups is 3. The van der Waals surface area contributed by atoms with Crippen LogP contribution in [0, 0.1) is 5.92 Å². The molecule has 1 amide bonds. The summed E-state index contributed by atoms with van der Waals surface area (Å²) in [5, 5.41) is 29.3. The van der Waals surface area contributed by atoms with E-state index < -0.39 is 25.4 Å². The molecule has 5 nitrogen and oxygen atoms in total. The van der Waals surface area contributed by atoms with Crippen LogP contribution in [0.2, 0.25) is 0 Å². The Hall–Kier alpha value is -0.650. The topological polar surface area (TPSA) is 89.8 Å². The maximum absolute atomic E-state index is 11.3. The van der Waals surface area contributed by atoms with Crippen LogP contribution < -0.4 is 5.32 Å². The molecule has 0 aliphatic heterocycles. The zero-order valence-electron chi connectivity index (χ0n) is 8.07. The van der Waals surface area contributed by atoms with E-state index in [1.807, 2.05) is 0 Å². The molecule has 0 spiro atoms. The van der Waals surface area contributed by atoms with Gasteiger partial charge in [-0.15, -0.1) is 0 Å². The van der Waals surface area contributed by atoms with Crippen molar-refractivity contribution in [1.29, 1.82) is 0 Å². The number of nitrogens with one attached hydrogen (secondary N) is 1. The third-order valence-electron chi connectivity index (χ3n) is 2.48. The quantitative estimate of drug-likeness (QED) is 0.428. The van der Waals surface area contributed by atoms with Crippen LogP contribution in [-0.4, -0.2) is 46.6 Å². The number of carbonyl (C=O) groups excluding carboxylic acids is 1. The zero-order valence-corrected chi connectivity index (χ0v) is 8.07. The molecule has 0 heterocycles. The van der Waals surface area contributed by atoms with E-state index in [0.29, 0.717) is 12.3 Å². The molecule has 0 unspecified atom stereocenters. The van der Waals surface area contributed by atoms with E-state index in [9.17, 15) is 4.79 Å². The Morgan fingerprint density at radius 1 is 1.21 bits per heavy atom. The van der Waals surface area contributed by atoms with Crippen molar-refractivity contribution in [2.75, 3.05) is 19.8 Å². The highest BCUT2D eigenvalue weighted by molar-refractivity contribution is 5.77. The Bertz CT molecular complexity index is 191. The molecule has 0 radical (unpaired) electrons. The second kappa shape index (κ2) is 4.72. The van der Waals surface area contributed by atoms with Crippen LogP contribution in [0.15, 0.2) is 0 Å². The third-order valence-corrected chi connectivity index (χ3v) is 2.48. The summed E-state index contributed by atoms with van der Waals surface area (Å²) in [6.45, 7) is -1.39. The van der Waals surface area contributed by atoms with Crippen molar-refractivity contribution in [3.63, 3.8) is 0 Å². The molecule has 1 saturated carbocycles. The molecule has 0 aromatic rings. The molecule has 0 atom stereocenters. The summed E-state index contributed by atoms with van der Waals surface area (Å²) < 4.78 is 0. The van der Waals surface area contributed by atoms with Crippen molar-refractivity contribution in [1.82, 2.24) is 5.32 Å². The van der Waals surface area contributed by atoms with E-state index in [1.54, 1.807) is 0 Å². The van der Waals surface area contributed by atoms with Gasteiger partial charge in [0.25, 0.3) is 0 Å². The number of rotatable bonds is 6. The van der Waals surface area contributed by atoms with E-state index in [4.69, 9.17) is 15.3 Å². The molecule has 14 heavy (non-hydrogen) atoms. The molecule has 1 fully saturated rings. The van der Waals surface area contributed by atoms with Gasteiger partial charge >= 0.3 is 0 Å². The van der Waals surface area contributed by atoms with Crippen LogP contribution >= 0.6 is 0 Å². The molecule has 1 aliphatic rings. The Labute approximate surface area is 82.7 Å². The molecule has 0 bridgehead atoms. The smallest absolute Gasteiger partial charge is 0.220 e. The summed E-state index contributed by atoms with van der Waals surface area (Å²) >= 11 is 0. The van der Waals surface area contributed by atoms with E-state index >= 15 is 0 Å². The molecular weight excluding hydrogens is 186 g/mol. The van der Waals surface area contributed by atoms with Gasteiger partial charge in [-0.05, 0) is 18.8 Å². The Morgan fingerprint density at radius 3 is 2.07 bits per heavy atom. The van der Waals surface area contributed by atoms with Gasteiger partial charge in [0.2, 0.25) is 5.91 Å². The van der Waals surface area contributed by atoms with Gasteiger partial charge in [-0.25, -0.2) is 0 Å². The monoisotopic (exact) mass is 203 g/mol. The maximum Gasteiger partial charge on any atom is 0.220 e. The fourth-order valence-electron chi connectivity index (χ4n) is 1.20. The van der Waals surface area contributed by atoms with Gasteiger partial charge in [-0.3, -0.25) is 4.79 Å². The number of amides is 1. The SMILES string of the molecule is O=C(CC1CC1)NC(CO)(CO)CO. The normalized spacial score (nSPS) is 16.8. The maximum atomic E-state index is 11.3. The van der Waals surface area contributed by atoms with Crippen molar-refractivity contribution in [2.24, 2.45) is 5.92 Å². The number of hydrogen-bond acceptors (Lipinski definition) is 4. The van der Waals surface area contributed by atoms with Crippen LogP contribution in [-0.2, 0) is 4.79 Å². The lowest BCUT2D eigenvalue weighted by Crippen LogP contribution is -2.57. The second-order valence-electron chi connectivity index (χ2n) is 3.95. The Balaban J connectivity index is 2.40. The first-order valence-corrected chi connectivity index (χ1v) is 4.79. The standard InChI is InChI=1S/C9H17NO4/c11-4-9(5-12,6-13)10-8(14)3-7-1-2-7/h7,11-13H,1-6H2,(H,10,14). The van der Waals surface area contributed by atoms with Gasteiger partial charge < -0.3 is 20.6 Å². The average Bonchev–Trinajstić information content (AvgIpc) is 2.98. The summed E-state index contributed by atoms with van der Waals surface area (Å²) in [5.74, 6) is 0.230. The van der Waals surface area contributed by atoms with Crippen LogP contribution in [0.3, 0.4) is 0 Å². The van der Waals surface area contributed by atoms with Crippen molar-refractivity contribution in [2.45, 2.75) is 24.8 Å². The van der Waals surface area contributed by atoms with Crippen LogP contribution in [0.4, 0.5) is 0 Å². The van der Waals surface area contributed by atoms with Gasteiger partial charge in [0, 0.05) is 6.42 Å². The average molecular weight is 203 g/mol. The lowest BCUT2D eigenvalue weighted by Gasteiger charge is -2.28. The summed E-state index contributed by atoms with van der Waals surface area (Å²) in [5.41, 5.74) is -1.27. The lowest BCUT2D eigenvalue weighted by atomic mass is 10.0. The van der Waals surface area contributed by atoms with E-state index in [1.165, 1.54) is 0 Å². The van der Waals surface area contributed by atoms with Crippen molar-refractivity contribution < 1.29 is 20.1 Å². The van der Waals surface area contributed by atoms with Gasteiger partial charge in [0.1, 0.15) is 5.54 Å². The third kappa shape index (κ3) is 2.94. The van der Waals surface area contributed by atoms with Gasteiger partial charge in [-0.1, -0.05) is 0 Å². The summed E-state index contributed by atoms with van der Waals surface area (Å²) in [4.78, 5) is 11.3. The molecule has 1 rings (SSSR count). The lowest BCUT2D eigenvalue weighted by molar-refractivity contribution is -0.125. The van der Waals surface area contributed by atoms with E-state index in [-0.39, 0.29) is 5.91 Å². The fraction of sp³-hybridized carbons (Fsp3) is 0.889. The summed E-state index contributed by atoms with van der Waals surface area (Å²) in [7, 11) is 0. The van der Waals surface area contributed by atoms with E-state index in [2.05, 4.69) is 5.32 Å². The number of carbonyl (C=O) groups is 1. The van der Waals surface area contributed by atoms with Gasteiger partial charge in [-0.2, -0.15) is 0 Å². The highest BCUT2D eigenvalue weighted by Crippen LogP contribution is 2.32. The first-order valence-electron chi connectivity index (χ1n) is 4.79. The number of hydrogen-bond donors (Lipinski definition) is 4. The Morgan fingerprint density at radius 2 is 1.71 bits per heavy atom. The molecule has 4 N–H and O–H groups in total. The molecule has 1 aliphatic carbocycles. The molecule has 0 aromatic carbocycles. The minimum atomic E-state index is -1.27. The van der Waals surface area contributed by atoms with Crippen molar-refractivity contribution >= 4 is 5.91 Å². The van der Waals surface area contributed by atoms with Crippen molar-refractivity contribution in [3.8, 4) is 0 Å². The molecule has 5 heteroatoms. The molecule has 0 saturated heterocycles. The highest BCUT2D eigenvalue weighted by Gasteiger charge is 2.32. The molecule has 0 aromatic heterocycles. The first-order chi connectivity index (χ1) is 6.65. The minimum Gasteiger partial charge on any atom is -0.394 e. The second-order valence-corrected chi connectivity index (χ2v) is 3.95. The largest absolute Gasteiger partial charge is 0.394 e.